The Hall–Kier alpha value is -1.30. The topological polar surface area (TPSA) is 36.4 Å². The summed E-state index contributed by atoms with van der Waals surface area (Å²) in [6.45, 7) is 0.508. The van der Waals surface area contributed by atoms with Gasteiger partial charge in [0.2, 0.25) is 0 Å². The van der Waals surface area contributed by atoms with Crippen LogP contribution in [0.25, 0.3) is 0 Å². The van der Waals surface area contributed by atoms with E-state index in [1.165, 1.54) is 18.0 Å². The van der Waals surface area contributed by atoms with Crippen molar-refractivity contribution in [2.75, 3.05) is 11.4 Å². The first-order chi connectivity index (χ1) is 8.38. The maximum atomic E-state index is 12.6. The number of aliphatic hydroxyl groups excluding tert-OH is 1. The summed E-state index contributed by atoms with van der Waals surface area (Å²) in [6, 6.07) is 3.11. The highest BCUT2D eigenvalue weighted by molar-refractivity contribution is 5.50. The summed E-state index contributed by atoms with van der Waals surface area (Å²) in [5.41, 5.74) is 0.439. The first-order valence-electron chi connectivity index (χ1n) is 5.85. The van der Waals surface area contributed by atoms with Crippen LogP contribution in [0.4, 0.5) is 19.0 Å². The maximum Gasteiger partial charge on any atom is 0.405 e. The maximum absolute atomic E-state index is 12.6. The standard InChI is InChI=1S/C12H15F3N2O/c1-8(18)10-3-2-6-16-11(10)17(9-4-5-9)7-12(13,14)15/h2-3,6,8-9,18H,4-5,7H2,1H3. The Kier molecular flexibility index (Phi) is 3.47. The Bertz CT molecular complexity index is 416. The van der Waals surface area contributed by atoms with E-state index >= 15 is 0 Å². The zero-order chi connectivity index (χ0) is 13.3. The minimum Gasteiger partial charge on any atom is -0.389 e. The number of rotatable bonds is 4. The van der Waals surface area contributed by atoms with Crippen molar-refractivity contribution < 1.29 is 18.3 Å². The van der Waals surface area contributed by atoms with Crippen LogP contribution in [0, 0.1) is 0 Å². The molecule has 0 aliphatic heterocycles. The van der Waals surface area contributed by atoms with Gasteiger partial charge in [0.25, 0.3) is 0 Å². The van der Waals surface area contributed by atoms with Gasteiger partial charge in [0.15, 0.2) is 0 Å². The summed E-state index contributed by atoms with van der Waals surface area (Å²) in [5.74, 6) is 0.243. The number of aliphatic hydroxyl groups is 1. The molecule has 0 bridgehead atoms. The van der Waals surface area contributed by atoms with E-state index < -0.39 is 18.8 Å². The van der Waals surface area contributed by atoms with Gasteiger partial charge < -0.3 is 10.0 Å². The summed E-state index contributed by atoms with van der Waals surface area (Å²) in [5, 5.41) is 9.61. The van der Waals surface area contributed by atoms with Gasteiger partial charge in [0.05, 0.1) is 6.10 Å². The van der Waals surface area contributed by atoms with Gasteiger partial charge in [-0.15, -0.1) is 0 Å². The highest BCUT2D eigenvalue weighted by Gasteiger charge is 2.39. The minimum atomic E-state index is -4.27. The van der Waals surface area contributed by atoms with Crippen LogP contribution in [0.1, 0.15) is 31.4 Å². The molecule has 1 aliphatic carbocycles. The SMILES string of the molecule is CC(O)c1cccnc1N(CC(F)(F)F)C1CC1. The van der Waals surface area contributed by atoms with Crippen molar-refractivity contribution in [2.45, 2.75) is 38.1 Å². The van der Waals surface area contributed by atoms with Crippen LogP contribution in [0.15, 0.2) is 18.3 Å². The van der Waals surface area contributed by atoms with E-state index in [1.54, 1.807) is 12.1 Å². The second-order valence-electron chi connectivity index (χ2n) is 4.57. The largest absolute Gasteiger partial charge is 0.405 e. The van der Waals surface area contributed by atoms with Crippen molar-refractivity contribution in [1.82, 2.24) is 4.98 Å². The smallest absolute Gasteiger partial charge is 0.389 e. The molecule has 1 aliphatic rings. The van der Waals surface area contributed by atoms with E-state index in [2.05, 4.69) is 4.98 Å². The fourth-order valence-corrected chi connectivity index (χ4v) is 1.93. The van der Waals surface area contributed by atoms with E-state index in [0.717, 1.165) is 12.8 Å². The molecule has 1 saturated carbocycles. The second kappa shape index (κ2) is 4.76. The number of halogens is 3. The molecular weight excluding hydrogens is 245 g/mol. The zero-order valence-corrected chi connectivity index (χ0v) is 9.98. The number of hydrogen-bond donors (Lipinski definition) is 1. The fourth-order valence-electron chi connectivity index (χ4n) is 1.93. The normalized spacial score (nSPS) is 17.6. The summed E-state index contributed by atoms with van der Waals surface area (Å²) >= 11 is 0. The predicted molar refractivity (Wildman–Crippen MR) is 61.3 cm³/mol. The van der Waals surface area contributed by atoms with Crippen molar-refractivity contribution in [3.05, 3.63) is 23.9 Å². The molecule has 2 rings (SSSR count). The fraction of sp³-hybridized carbons (Fsp3) is 0.583. The van der Waals surface area contributed by atoms with Crippen molar-refractivity contribution in [1.29, 1.82) is 0 Å². The van der Waals surface area contributed by atoms with Gasteiger partial charge in [-0.25, -0.2) is 4.98 Å². The lowest BCUT2D eigenvalue weighted by molar-refractivity contribution is -0.120. The van der Waals surface area contributed by atoms with E-state index in [4.69, 9.17) is 0 Å². The highest BCUT2D eigenvalue weighted by Crippen LogP contribution is 2.36. The monoisotopic (exact) mass is 260 g/mol. The molecule has 100 valence electrons. The number of pyridine rings is 1. The van der Waals surface area contributed by atoms with Crippen LogP contribution in [0.5, 0.6) is 0 Å². The summed E-state index contributed by atoms with van der Waals surface area (Å²) < 4.78 is 37.7. The number of alkyl halides is 3. The van der Waals surface area contributed by atoms with Crippen molar-refractivity contribution in [3.8, 4) is 0 Å². The molecule has 1 aromatic heterocycles. The molecule has 1 heterocycles. The van der Waals surface area contributed by atoms with Crippen LogP contribution in [0.2, 0.25) is 0 Å². The minimum absolute atomic E-state index is 0.112. The van der Waals surface area contributed by atoms with Crippen molar-refractivity contribution in [3.63, 3.8) is 0 Å². The first kappa shape index (κ1) is 13.1. The average Bonchev–Trinajstić information content (AvgIpc) is 3.08. The molecule has 0 amide bonds. The van der Waals surface area contributed by atoms with Crippen molar-refractivity contribution >= 4 is 5.82 Å². The van der Waals surface area contributed by atoms with E-state index in [1.807, 2.05) is 0 Å². The van der Waals surface area contributed by atoms with Gasteiger partial charge >= 0.3 is 6.18 Å². The molecule has 6 heteroatoms. The van der Waals surface area contributed by atoms with E-state index in [-0.39, 0.29) is 11.9 Å². The van der Waals surface area contributed by atoms with Crippen LogP contribution >= 0.6 is 0 Å². The molecular formula is C12H15F3N2O. The van der Waals surface area contributed by atoms with Crippen LogP contribution in [-0.2, 0) is 0 Å². The Morgan fingerprint density at radius 3 is 2.67 bits per heavy atom. The summed E-state index contributed by atoms with van der Waals surface area (Å²) in [7, 11) is 0. The van der Waals surface area contributed by atoms with E-state index in [9.17, 15) is 18.3 Å². The number of hydrogen-bond acceptors (Lipinski definition) is 3. The molecule has 1 fully saturated rings. The van der Waals surface area contributed by atoms with Crippen LogP contribution in [-0.4, -0.2) is 28.9 Å². The molecule has 1 unspecified atom stereocenters. The van der Waals surface area contributed by atoms with Crippen molar-refractivity contribution in [2.24, 2.45) is 0 Å². The Morgan fingerprint density at radius 1 is 1.50 bits per heavy atom. The first-order valence-corrected chi connectivity index (χ1v) is 5.85. The second-order valence-corrected chi connectivity index (χ2v) is 4.57. The van der Waals surface area contributed by atoms with Crippen LogP contribution < -0.4 is 4.90 Å². The number of anilines is 1. The predicted octanol–water partition coefficient (Wildman–Crippen LogP) is 2.67. The third kappa shape index (κ3) is 3.13. The molecule has 1 atom stereocenters. The molecule has 3 nitrogen and oxygen atoms in total. The van der Waals surface area contributed by atoms with Gasteiger partial charge in [0, 0.05) is 17.8 Å². The summed E-state index contributed by atoms with van der Waals surface area (Å²) in [6.07, 6.45) is -2.16. The lowest BCUT2D eigenvalue weighted by atomic mass is 10.1. The quantitative estimate of drug-likeness (QED) is 0.904. The van der Waals surface area contributed by atoms with Gasteiger partial charge in [0.1, 0.15) is 12.4 Å². The molecule has 0 radical (unpaired) electrons. The zero-order valence-electron chi connectivity index (χ0n) is 9.98. The van der Waals surface area contributed by atoms with E-state index in [0.29, 0.717) is 5.56 Å². The number of nitrogens with zero attached hydrogens (tertiary/aromatic N) is 2. The van der Waals surface area contributed by atoms with Crippen LogP contribution in [0.3, 0.4) is 0 Å². The third-order valence-electron chi connectivity index (χ3n) is 2.88. The average molecular weight is 260 g/mol. The highest BCUT2D eigenvalue weighted by atomic mass is 19.4. The van der Waals surface area contributed by atoms with Gasteiger partial charge in [-0.05, 0) is 25.8 Å². The van der Waals surface area contributed by atoms with Gasteiger partial charge in [-0.1, -0.05) is 6.07 Å². The number of aromatic nitrogens is 1. The molecule has 0 spiro atoms. The lowest BCUT2D eigenvalue weighted by Gasteiger charge is -2.27. The Balaban J connectivity index is 2.31. The molecule has 0 saturated heterocycles. The summed E-state index contributed by atoms with van der Waals surface area (Å²) in [4.78, 5) is 5.26. The third-order valence-corrected chi connectivity index (χ3v) is 2.88. The lowest BCUT2D eigenvalue weighted by Crippen LogP contribution is -2.37. The molecule has 1 aromatic rings. The Labute approximate surface area is 103 Å². The molecule has 1 N–H and O–H groups in total. The Morgan fingerprint density at radius 2 is 2.17 bits per heavy atom. The van der Waals surface area contributed by atoms with Gasteiger partial charge in [-0.3, -0.25) is 0 Å². The molecule has 0 aromatic carbocycles. The van der Waals surface area contributed by atoms with Gasteiger partial charge in [-0.2, -0.15) is 13.2 Å². The molecule has 18 heavy (non-hydrogen) atoms.